The second-order valence-corrected chi connectivity index (χ2v) is 9.65. The van der Waals surface area contributed by atoms with Crippen molar-refractivity contribution in [2.75, 3.05) is 5.32 Å². The Balaban J connectivity index is 1.34. The van der Waals surface area contributed by atoms with E-state index in [1.54, 1.807) is 10.8 Å². The Morgan fingerprint density at radius 2 is 1.62 bits per heavy atom. The van der Waals surface area contributed by atoms with E-state index in [-0.39, 0.29) is 0 Å². The molecule has 0 aliphatic carbocycles. The molecule has 11 heteroatoms. The quantitative estimate of drug-likeness (QED) is 0.0986. The second-order valence-electron chi connectivity index (χ2n) is 9.24. The van der Waals surface area contributed by atoms with Crippen LogP contribution in [0.25, 0.3) is 27.5 Å². The summed E-state index contributed by atoms with van der Waals surface area (Å²) in [7, 11) is 0. The van der Waals surface area contributed by atoms with Gasteiger partial charge in [0.2, 0.25) is 0 Å². The van der Waals surface area contributed by atoms with Gasteiger partial charge in [-0.1, -0.05) is 48.5 Å². The van der Waals surface area contributed by atoms with Gasteiger partial charge in [0.05, 0.1) is 17.2 Å². The first-order chi connectivity index (χ1) is 19.0. The molecule has 0 amide bonds. The molecule has 5 rings (SSSR count). The van der Waals surface area contributed by atoms with Crippen molar-refractivity contribution in [1.29, 1.82) is 0 Å². The van der Waals surface area contributed by atoms with Gasteiger partial charge < -0.3 is 5.32 Å². The fourth-order valence-electron chi connectivity index (χ4n) is 4.43. The van der Waals surface area contributed by atoms with Crippen molar-refractivity contribution in [3.05, 3.63) is 101 Å². The number of aromatic nitrogens is 2. The van der Waals surface area contributed by atoms with E-state index in [1.165, 1.54) is 18.5 Å². The number of fused-ring (bicyclic) bond motifs is 3. The lowest BCUT2D eigenvalue weighted by Gasteiger charge is -2.20. The van der Waals surface area contributed by atoms with Crippen LogP contribution in [0.3, 0.4) is 0 Å². The SMILES string of the molecule is Cc1cccc(C)c1NC(=S)N/N=C/c1ccc2c(ccc3c2ncn3-c2ccc(C(F)(F)C(F)(F)F)cc2)c1. The van der Waals surface area contributed by atoms with Crippen molar-refractivity contribution in [2.24, 2.45) is 5.10 Å². The zero-order chi connectivity index (χ0) is 28.7. The highest BCUT2D eigenvalue weighted by molar-refractivity contribution is 7.80. The molecule has 0 saturated heterocycles. The fraction of sp³-hybridized carbons (Fsp3) is 0.138. The number of hydrazone groups is 1. The summed E-state index contributed by atoms with van der Waals surface area (Å²) in [5, 5.41) is 9.47. The molecule has 204 valence electrons. The summed E-state index contributed by atoms with van der Waals surface area (Å²) in [6.07, 6.45) is -2.53. The third-order valence-electron chi connectivity index (χ3n) is 6.52. The predicted molar refractivity (Wildman–Crippen MR) is 151 cm³/mol. The molecule has 1 aromatic heterocycles. The zero-order valence-electron chi connectivity index (χ0n) is 21.2. The van der Waals surface area contributed by atoms with Gasteiger partial charge >= 0.3 is 12.1 Å². The van der Waals surface area contributed by atoms with Crippen molar-refractivity contribution in [3.63, 3.8) is 0 Å². The molecule has 2 N–H and O–H groups in total. The average molecular weight is 568 g/mol. The van der Waals surface area contributed by atoms with E-state index in [0.717, 1.165) is 45.3 Å². The first-order valence-electron chi connectivity index (χ1n) is 12.1. The number of hydrogen-bond acceptors (Lipinski definition) is 3. The van der Waals surface area contributed by atoms with Gasteiger partial charge in [0.15, 0.2) is 5.11 Å². The van der Waals surface area contributed by atoms with Crippen LogP contribution in [-0.4, -0.2) is 27.1 Å². The molecule has 40 heavy (non-hydrogen) atoms. The Hall–Kier alpha value is -4.38. The largest absolute Gasteiger partial charge is 0.458 e. The zero-order valence-corrected chi connectivity index (χ0v) is 22.0. The normalized spacial score (nSPS) is 12.4. The topological polar surface area (TPSA) is 54.2 Å². The molecule has 5 nitrogen and oxygen atoms in total. The van der Waals surface area contributed by atoms with Crippen molar-refractivity contribution >= 4 is 51.0 Å². The highest BCUT2D eigenvalue weighted by Gasteiger charge is 2.58. The Morgan fingerprint density at radius 3 is 2.30 bits per heavy atom. The molecule has 0 fully saturated rings. The first-order valence-corrected chi connectivity index (χ1v) is 12.5. The van der Waals surface area contributed by atoms with Gasteiger partial charge in [-0.15, -0.1) is 0 Å². The van der Waals surface area contributed by atoms with Gasteiger partial charge in [0, 0.05) is 22.3 Å². The second kappa shape index (κ2) is 10.3. The van der Waals surface area contributed by atoms with E-state index >= 15 is 0 Å². The summed E-state index contributed by atoms with van der Waals surface area (Å²) in [6, 6.07) is 19.3. The monoisotopic (exact) mass is 567 g/mol. The van der Waals surface area contributed by atoms with Gasteiger partial charge in [0.25, 0.3) is 0 Å². The van der Waals surface area contributed by atoms with Gasteiger partial charge in [-0.3, -0.25) is 9.99 Å². The number of alkyl halides is 5. The fourth-order valence-corrected chi connectivity index (χ4v) is 4.58. The minimum absolute atomic E-state index is 0.358. The minimum atomic E-state index is -5.67. The van der Waals surface area contributed by atoms with Crippen LogP contribution >= 0.6 is 12.2 Å². The van der Waals surface area contributed by atoms with Crippen LogP contribution in [0.2, 0.25) is 0 Å². The Kier molecular flexibility index (Phi) is 7.01. The summed E-state index contributed by atoms with van der Waals surface area (Å²) in [5.41, 5.74) is 7.31. The predicted octanol–water partition coefficient (Wildman–Crippen LogP) is 7.77. The standard InChI is InChI=1S/C29H22F5N5S/c1-17-4-3-5-18(2)25(17)37-27(40)38-36-15-19-6-12-23-20(14-19)7-13-24-26(23)35-16-39(24)22-10-8-21(9-11-22)28(30,31)29(32,33)34/h3-16H,1-2H3,(H2,37,38,40)/b36-15+. The first kappa shape index (κ1) is 27.2. The highest BCUT2D eigenvalue weighted by Crippen LogP contribution is 2.44. The van der Waals surface area contributed by atoms with E-state index in [9.17, 15) is 22.0 Å². The Morgan fingerprint density at radius 1 is 0.925 bits per heavy atom. The van der Waals surface area contributed by atoms with Gasteiger partial charge in [-0.25, -0.2) is 4.98 Å². The molecule has 0 radical (unpaired) electrons. The van der Waals surface area contributed by atoms with E-state index in [4.69, 9.17) is 12.2 Å². The molecular weight excluding hydrogens is 545 g/mol. The lowest BCUT2D eigenvalue weighted by molar-refractivity contribution is -0.289. The number of para-hydroxylation sites is 1. The van der Waals surface area contributed by atoms with E-state index in [0.29, 0.717) is 21.8 Å². The van der Waals surface area contributed by atoms with Gasteiger partial charge in [-0.05, 0) is 72.4 Å². The van der Waals surface area contributed by atoms with Crippen LogP contribution in [0, 0.1) is 13.8 Å². The molecule has 5 aromatic rings. The summed E-state index contributed by atoms with van der Waals surface area (Å²) in [5.74, 6) is -4.93. The van der Waals surface area contributed by atoms with Gasteiger partial charge in [-0.2, -0.15) is 27.1 Å². The lowest BCUT2D eigenvalue weighted by atomic mass is 10.1. The van der Waals surface area contributed by atoms with Crippen LogP contribution in [0.1, 0.15) is 22.3 Å². The maximum absolute atomic E-state index is 13.7. The summed E-state index contributed by atoms with van der Waals surface area (Å²) in [4.78, 5) is 4.47. The molecule has 1 heterocycles. The van der Waals surface area contributed by atoms with Crippen molar-refractivity contribution in [2.45, 2.75) is 25.9 Å². The van der Waals surface area contributed by atoms with E-state index < -0.39 is 17.7 Å². The van der Waals surface area contributed by atoms with Crippen LogP contribution in [0.4, 0.5) is 27.6 Å². The molecular formula is C29H22F5N5S. The van der Waals surface area contributed by atoms with Crippen LogP contribution in [-0.2, 0) is 5.92 Å². The number of benzene rings is 4. The molecule has 0 saturated carbocycles. The van der Waals surface area contributed by atoms with E-state index in [2.05, 4.69) is 20.8 Å². The third kappa shape index (κ3) is 5.12. The number of hydrogen-bond donors (Lipinski definition) is 2. The molecule has 0 aliphatic heterocycles. The highest BCUT2D eigenvalue weighted by atomic mass is 32.1. The number of nitrogens with one attached hydrogen (secondary N) is 2. The molecule has 4 aromatic carbocycles. The Bertz CT molecular complexity index is 1740. The molecule has 0 spiro atoms. The summed E-state index contributed by atoms with van der Waals surface area (Å²) < 4.78 is 67.1. The summed E-state index contributed by atoms with van der Waals surface area (Å²) in [6.45, 7) is 3.98. The van der Waals surface area contributed by atoms with Crippen molar-refractivity contribution in [3.8, 4) is 5.69 Å². The minimum Gasteiger partial charge on any atom is -0.331 e. The van der Waals surface area contributed by atoms with E-state index in [1.807, 2.05) is 62.4 Å². The smallest absolute Gasteiger partial charge is 0.331 e. The van der Waals surface area contributed by atoms with Crippen LogP contribution in [0.15, 0.2) is 84.2 Å². The number of imidazole rings is 1. The third-order valence-corrected chi connectivity index (χ3v) is 6.71. The molecule has 0 bridgehead atoms. The molecule has 0 unspecified atom stereocenters. The van der Waals surface area contributed by atoms with Crippen LogP contribution in [0.5, 0.6) is 0 Å². The number of halogens is 5. The maximum Gasteiger partial charge on any atom is 0.458 e. The van der Waals surface area contributed by atoms with Gasteiger partial charge in [0.1, 0.15) is 6.33 Å². The number of thiocarbonyl (C=S) groups is 1. The summed E-state index contributed by atoms with van der Waals surface area (Å²) >= 11 is 5.35. The Labute approximate surface area is 231 Å². The number of anilines is 1. The van der Waals surface area contributed by atoms with Crippen LogP contribution < -0.4 is 10.7 Å². The lowest BCUT2D eigenvalue weighted by Crippen LogP contribution is -2.33. The number of aryl methyl sites for hydroxylation is 2. The number of nitrogens with zero attached hydrogens (tertiary/aromatic N) is 3. The molecule has 0 atom stereocenters. The number of rotatable bonds is 5. The molecule has 0 aliphatic rings. The van der Waals surface area contributed by atoms with Crippen molar-refractivity contribution in [1.82, 2.24) is 15.0 Å². The maximum atomic E-state index is 13.7. The van der Waals surface area contributed by atoms with Crippen molar-refractivity contribution < 1.29 is 22.0 Å². The average Bonchev–Trinajstić information content (AvgIpc) is 3.35.